The van der Waals surface area contributed by atoms with Crippen LogP contribution in [-0.4, -0.2) is 114 Å². The molecule has 8 N–H and O–H groups in total. The van der Waals surface area contributed by atoms with Crippen LogP contribution in [0.1, 0.15) is 155 Å². The summed E-state index contributed by atoms with van der Waals surface area (Å²) in [5.74, 6) is -1.32. The molecule has 1 saturated carbocycles. The van der Waals surface area contributed by atoms with Crippen molar-refractivity contribution < 1.29 is 82.0 Å². The minimum absolute atomic E-state index is 0.0607. The summed E-state index contributed by atoms with van der Waals surface area (Å²) in [4.78, 5) is 54.4. The summed E-state index contributed by atoms with van der Waals surface area (Å²) in [5.41, 5.74) is 0. The quantitative estimate of drug-likeness (QED) is 0.00931. The second-order valence-electron chi connectivity index (χ2n) is 17.3. The lowest BCUT2D eigenvalue weighted by Crippen LogP contribution is -2.64. The number of hydrogen-bond donors (Lipinski definition) is 8. The number of unbranched alkanes of at least 4 members (excludes halogenated alkanes) is 11. The lowest BCUT2D eigenvalue weighted by Gasteiger charge is -2.43. The molecule has 1 aliphatic rings. The standard InChI is InChI=1S/C52H86O17P2/c1-3-5-7-8-9-10-11-12-13-14-15-16-17-18-19-23-26-29-32-35-39-45(54)65-41-44(42-66-71(63,64)69-52-49(58)47(56)48(57)51(50(52)59)68-70(60,61)62)67-46(55)40-36-33-30-27-24-21-20-22-25-28-31-34-38-43(53)37-6-4-2/h6,10-11,13-14,16-17,20-21,25,27-28,30-31,34,37,43-44,47-53,56-59H,3-5,7-9,12,15,18-19,22-24,26,29,32-33,35-36,38-42H2,1-2H3,(H,63,64)(H2,60,61,62)/b11-10-,14-13-,17-16-,21-20-,28-25-,30-27-,34-31+,37-6-/t43?,44-,47?,48?,49?,50?,51-,52+/m1/s1. The smallest absolute Gasteiger partial charge is 0.462 e. The van der Waals surface area contributed by atoms with E-state index in [0.717, 1.165) is 70.6 Å². The molecule has 0 radical (unpaired) electrons. The van der Waals surface area contributed by atoms with Crippen molar-refractivity contribution >= 4 is 27.6 Å². The minimum atomic E-state index is -5.38. The number of esters is 2. The number of aliphatic hydroxyl groups is 5. The molecule has 6 unspecified atom stereocenters. The molecular formula is C52H86O17P2. The number of allylic oxidation sites excluding steroid dienone is 14. The number of hydrogen-bond acceptors (Lipinski definition) is 14. The highest BCUT2D eigenvalue weighted by Crippen LogP contribution is 2.49. The Morgan fingerprint density at radius 2 is 1.03 bits per heavy atom. The van der Waals surface area contributed by atoms with Crippen LogP contribution in [0.5, 0.6) is 0 Å². The Balaban J connectivity index is 2.62. The van der Waals surface area contributed by atoms with Gasteiger partial charge in [0.1, 0.15) is 43.2 Å². The Morgan fingerprint density at radius 1 is 0.535 bits per heavy atom. The predicted molar refractivity (Wildman–Crippen MR) is 274 cm³/mol. The fourth-order valence-electron chi connectivity index (χ4n) is 7.03. The van der Waals surface area contributed by atoms with Crippen molar-refractivity contribution in [1.29, 1.82) is 0 Å². The normalized spacial score (nSPS) is 22.1. The molecule has 0 aromatic heterocycles. The van der Waals surface area contributed by atoms with Crippen LogP contribution in [0.25, 0.3) is 0 Å². The Morgan fingerprint density at radius 3 is 1.61 bits per heavy atom. The highest BCUT2D eigenvalue weighted by atomic mass is 31.2. The van der Waals surface area contributed by atoms with Gasteiger partial charge >= 0.3 is 27.6 Å². The number of rotatable bonds is 41. The van der Waals surface area contributed by atoms with Crippen LogP contribution in [0, 0.1) is 0 Å². The van der Waals surface area contributed by atoms with E-state index in [-0.39, 0.29) is 12.8 Å². The third-order valence-corrected chi connectivity index (χ3v) is 12.5. The maximum Gasteiger partial charge on any atom is 0.472 e. The molecule has 17 nitrogen and oxygen atoms in total. The van der Waals surface area contributed by atoms with Gasteiger partial charge in [0.25, 0.3) is 0 Å². The van der Waals surface area contributed by atoms with Gasteiger partial charge in [-0.05, 0) is 83.5 Å². The molecule has 19 heteroatoms. The summed E-state index contributed by atoms with van der Waals surface area (Å²) < 4.78 is 49.4. The first-order chi connectivity index (χ1) is 34.0. The molecule has 0 spiro atoms. The summed E-state index contributed by atoms with van der Waals surface area (Å²) in [5, 5.41) is 51.1. The summed E-state index contributed by atoms with van der Waals surface area (Å²) >= 11 is 0. The van der Waals surface area contributed by atoms with Crippen LogP contribution in [0.2, 0.25) is 0 Å². The molecule has 1 fully saturated rings. The van der Waals surface area contributed by atoms with Crippen LogP contribution in [0.4, 0.5) is 0 Å². The molecule has 0 amide bonds. The van der Waals surface area contributed by atoms with Crippen LogP contribution in [0.3, 0.4) is 0 Å². The zero-order valence-corrected chi connectivity index (χ0v) is 43.8. The van der Waals surface area contributed by atoms with Crippen LogP contribution in [0.15, 0.2) is 97.2 Å². The maximum atomic E-state index is 13.0. The number of phosphoric ester groups is 2. The van der Waals surface area contributed by atoms with Gasteiger partial charge in [-0.2, -0.15) is 0 Å². The third-order valence-electron chi connectivity index (χ3n) is 11.0. The monoisotopic (exact) mass is 1040 g/mol. The van der Waals surface area contributed by atoms with Crippen LogP contribution < -0.4 is 0 Å². The Labute approximate surface area is 422 Å². The molecule has 0 bridgehead atoms. The second-order valence-corrected chi connectivity index (χ2v) is 19.9. The van der Waals surface area contributed by atoms with E-state index in [4.69, 9.17) is 18.5 Å². The Kier molecular flexibility index (Phi) is 38.3. The number of phosphoric acid groups is 2. The lowest BCUT2D eigenvalue weighted by atomic mass is 9.85. The van der Waals surface area contributed by atoms with E-state index in [1.165, 1.54) is 25.7 Å². The van der Waals surface area contributed by atoms with E-state index in [1.807, 2.05) is 61.6 Å². The number of carbonyl (C=O) groups excluding carboxylic acids is 2. The topological polar surface area (TPSA) is 276 Å². The highest BCUT2D eigenvalue weighted by molar-refractivity contribution is 7.47. The number of aliphatic hydroxyl groups excluding tert-OH is 5. The Hall–Kier alpha value is -3.12. The van der Waals surface area contributed by atoms with Crippen molar-refractivity contribution in [3.8, 4) is 0 Å². The molecule has 406 valence electrons. The van der Waals surface area contributed by atoms with Crippen LogP contribution >= 0.6 is 15.6 Å². The van der Waals surface area contributed by atoms with E-state index < -0.39 is 89.6 Å². The van der Waals surface area contributed by atoms with Gasteiger partial charge in [0.05, 0.1) is 12.7 Å². The average Bonchev–Trinajstić information content (AvgIpc) is 3.32. The highest BCUT2D eigenvalue weighted by Gasteiger charge is 2.54. The fraction of sp³-hybridized carbons (Fsp3) is 0.654. The number of ether oxygens (including phenoxy) is 2. The molecule has 71 heavy (non-hydrogen) atoms. The fourth-order valence-corrected chi connectivity index (χ4v) is 8.57. The first-order valence-corrected chi connectivity index (χ1v) is 28.4. The van der Waals surface area contributed by atoms with E-state index in [1.54, 1.807) is 6.08 Å². The molecule has 0 aliphatic heterocycles. The zero-order valence-electron chi connectivity index (χ0n) is 42.0. The van der Waals surface area contributed by atoms with E-state index in [9.17, 15) is 58.9 Å². The van der Waals surface area contributed by atoms with Crippen molar-refractivity contribution in [3.05, 3.63) is 97.2 Å². The summed E-state index contributed by atoms with van der Waals surface area (Å²) in [6.45, 7) is 2.80. The van der Waals surface area contributed by atoms with Crippen molar-refractivity contribution in [3.63, 3.8) is 0 Å². The van der Waals surface area contributed by atoms with Crippen molar-refractivity contribution in [2.24, 2.45) is 0 Å². The van der Waals surface area contributed by atoms with Crippen molar-refractivity contribution in [1.82, 2.24) is 0 Å². The van der Waals surface area contributed by atoms with Gasteiger partial charge in [-0.15, -0.1) is 0 Å². The van der Waals surface area contributed by atoms with Crippen molar-refractivity contribution in [2.75, 3.05) is 13.2 Å². The van der Waals surface area contributed by atoms with Gasteiger partial charge in [-0.1, -0.05) is 156 Å². The summed E-state index contributed by atoms with van der Waals surface area (Å²) in [6, 6.07) is 0. The maximum absolute atomic E-state index is 13.0. The molecule has 0 aromatic carbocycles. The second kappa shape index (κ2) is 41.3. The molecule has 1 aliphatic carbocycles. The van der Waals surface area contributed by atoms with Gasteiger partial charge in [-0.25, -0.2) is 9.13 Å². The third kappa shape index (κ3) is 35.6. The van der Waals surface area contributed by atoms with Crippen LogP contribution in [-0.2, 0) is 41.8 Å². The van der Waals surface area contributed by atoms with E-state index >= 15 is 0 Å². The van der Waals surface area contributed by atoms with Gasteiger partial charge in [-0.3, -0.25) is 23.2 Å². The SMILES string of the molecule is CC/C=C\C(O)C/C=C/C=C\C/C=C\C/C=C\CCCC(=O)O[C@H](COC(=O)CCCCCCCC/C=C\C/C=C\C/C=C\CCCCCC)COP(=O)(O)O[C@H]1C(O)C(O)C(O)[C@@H](OP(=O)(O)O)C1O. The predicted octanol–water partition coefficient (Wildman–Crippen LogP) is 9.31. The van der Waals surface area contributed by atoms with Gasteiger partial charge in [0.2, 0.25) is 0 Å². The van der Waals surface area contributed by atoms with E-state index in [0.29, 0.717) is 32.1 Å². The molecule has 0 aromatic rings. The Bertz CT molecular complexity index is 1750. The lowest BCUT2D eigenvalue weighted by molar-refractivity contribution is -0.216. The first kappa shape index (κ1) is 65.9. The molecule has 0 saturated heterocycles. The van der Waals surface area contributed by atoms with Gasteiger partial charge < -0.3 is 49.7 Å². The average molecular weight is 1050 g/mol. The van der Waals surface area contributed by atoms with Gasteiger partial charge in [0.15, 0.2) is 6.10 Å². The molecular weight excluding hydrogens is 959 g/mol. The minimum Gasteiger partial charge on any atom is -0.462 e. The molecule has 0 heterocycles. The zero-order chi connectivity index (χ0) is 52.6. The molecule has 1 rings (SSSR count). The van der Waals surface area contributed by atoms with Gasteiger partial charge in [0, 0.05) is 12.8 Å². The molecule has 9 atom stereocenters. The van der Waals surface area contributed by atoms with Crippen molar-refractivity contribution in [2.45, 2.75) is 204 Å². The summed E-state index contributed by atoms with van der Waals surface area (Å²) in [6.07, 6.45) is 35.5. The summed E-state index contributed by atoms with van der Waals surface area (Å²) in [7, 11) is -10.7. The van der Waals surface area contributed by atoms with E-state index in [2.05, 4.69) is 47.9 Å². The largest absolute Gasteiger partial charge is 0.472 e. The number of carbonyl (C=O) groups is 2. The first-order valence-electron chi connectivity index (χ1n) is 25.4.